The summed E-state index contributed by atoms with van der Waals surface area (Å²) < 4.78 is 0. The molecule has 0 unspecified atom stereocenters. The van der Waals surface area contributed by atoms with E-state index >= 15 is 0 Å². The third-order valence-electron chi connectivity index (χ3n) is 0. The summed E-state index contributed by atoms with van der Waals surface area (Å²) in [5.74, 6) is 0. The molecule has 0 N–H and O–H groups in total. The standard InChI is InChI=1S/C3H7.HI/c1-3-2;/h3H,1-2H3;1H/q-1;. The third-order valence-corrected chi connectivity index (χ3v) is 0. The van der Waals surface area contributed by atoms with Crippen LogP contribution in [-0.2, 0) is 0 Å². The highest BCUT2D eigenvalue weighted by Crippen LogP contribution is 1.53. The van der Waals surface area contributed by atoms with E-state index in [1.807, 2.05) is 20.3 Å². The van der Waals surface area contributed by atoms with Gasteiger partial charge in [-0.1, -0.05) is 0 Å². The second-order valence-corrected chi connectivity index (χ2v) is 0.577. The van der Waals surface area contributed by atoms with Crippen molar-refractivity contribution >= 4 is 24.0 Å². The van der Waals surface area contributed by atoms with Crippen molar-refractivity contribution in [2.75, 3.05) is 0 Å². The molecule has 0 rings (SSSR count). The summed E-state index contributed by atoms with van der Waals surface area (Å²) in [6.07, 6.45) is 2.00. The quantitative estimate of drug-likeness (QED) is 0.385. The molecule has 0 aliphatic carbocycles. The summed E-state index contributed by atoms with van der Waals surface area (Å²) in [7, 11) is 0. The summed E-state index contributed by atoms with van der Waals surface area (Å²) in [6, 6.07) is 0. The van der Waals surface area contributed by atoms with Crippen LogP contribution < -0.4 is 0 Å². The highest BCUT2D eigenvalue weighted by molar-refractivity contribution is 14.0. The largest absolute Gasteiger partial charge is 0.335 e. The van der Waals surface area contributed by atoms with E-state index < -0.39 is 0 Å². The average Bonchev–Trinajstić information content (AvgIpc) is 0.918. The van der Waals surface area contributed by atoms with E-state index in [2.05, 4.69) is 0 Å². The zero-order chi connectivity index (χ0) is 2.71. The molecule has 0 aromatic carbocycles. The Labute approximate surface area is 44.6 Å². The molecule has 0 aromatic rings. The molecule has 0 aliphatic heterocycles. The van der Waals surface area contributed by atoms with Gasteiger partial charge in [-0.2, -0.15) is 13.8 Å². The van der Waals surface area contributed by atoms with Gasteiger partial charge in [0.15, 0.2) is 0 Å². The van der Waals surface area contributed by atoms with E-state index in [1.54, 1.807) is 0 Å². The molecule has 0 fully saturated rings. The first-order valence-electron chi connectivity index (χ1n) is 1.15. The van der Waals surface area contributed by atoms with Crippen molar-refractivity contribution in [3.05, 3.63) is 6.42 Å². The minimum atomic E-state index is 0. The Kier molecular flexibility index (Phi) is 20.5. The van der Waals surface area contributed by atoms with Crippen LogP contribution in [0.25, 0.3) is 0 Å². The molecule has 1 heteroatoms. The summed E-state index contributed by atoms with van der Waals surface area (Å²) in [5, 5.41) is 0. The molecular formula is C3H8I-. The van der Waals surface area contributed by atoms with Crippen LogP contribution in [0.3, 0.4) is 0 Å². The van der Waals surface area contributed by atoms with Crippen molar-refractivity contribution in [2.24, 2.45) is 0 Å². The topological polar surface area (TPSA) is 0 Å². The Morgan fingerprint density at radius 3 is 1.25 bits per heavy atom. The van der Waals surface area contributed by atoms with Gasteiger partial charge in [0.25, 0.3) is 0 Å². The fourth-order valence-electron chi connectivity index (χ4n) is 0. The summed E-state index contributed by atoms with van der Waals surface area (Å²) in [4.78, 5) is 0. The van der Waals surface area contributed by atoms with E-state index in [1.165, 1.54) is 0 Å². The van der Waals surface area contributed by atoms with Crippen LogP contribution in [0.15, 0.2) is 0 Å². The lowest BCUT2D eigenvalue weighted by Crippen LogP contribution is -1.30. The first kappa shape index (κ1) is 8.83. The first-order valence-corrected chi connectivity index (χ1v) is 1.15. The van der Waals surface area contributed by atoms with Gasteiger partial charge >= 0.3 is 0 Å². The molecule has 4 heavy (non-hydrogen) atoms. The number of rotatable bonds is 0. The van der Waals surface area contributed by atoms with E-state index in [0.717, 1.165) is 0 Å². The number of hydrogen-bond donors (Lipinski definition) is 0. The van der Waals surface area contributed by atoms with Crippen LogP contribution in [0, 0.1) is 6.42 Å². The van der Waals surface area contributed by atoms with Crippen LogP contribution in [0.5, 0.6) is 0 Å². The lowest BCUT2D eigenvalue weighted by Gasteiger charge is -1.68. The van der Waals surface area contributed by atoms with E-state index in [-0.39, 0.29) is 24.0 Å². The van der Waals surface area contributed by atoms with Crippen molar-refractivity contribution in [1.82, 2.24) is 0 Å². The molecule has 0 saturated carbocycles. The van der Waals surface area contributed by atoms with Crippen LogP contribution in [-0.4, -0.2) is 0 Å². The summed E-state index contributed by atoms with van der Waals surface area (Å²) in [5.41, 5.74) is 0. The second-order valence-electron chi connectivity index (χ2n) is 0.577. The Morgan fingerprint density at radius 2 is 1.25 bits per heavy atom. The maximum absolute atomic E-state index is 2.00. The van der Waals surface area contributed by atoms with Crippen LogP contribution in [0.1, 0.15) is 13.8 Å². The molecule has 0 radical (unpaired) electrons. The lowest BCUT2D eigenvalue weighted by molar-refractivity contribution is 1.41. The molecule has 0 spiro atoms. The van der Waals surface area contributed by atoms with Crippen molar-refractivity contribution in [2.45, 2.75) is 13.8 Å². The molecule has 0 nitrogen and oxygen atoms in total. The summed E-state index contributed by atoms with van der Waals surface area (Å²) in [6.45, 7) is 4.00. The Bertz CT molecular complexity index is 3.25. The highest BCUT2D eigenvalue weighted by Gasteiger charge is 1.15. The van der Waals surface area contributed by atoms with Gasteiger partial charge in [0, 0.05) is 0 Å². The van der Waals surface area contributed by atoms with E-state index in [4.69, 9.17) is 0 Å². The fourth-order valence-corrected chi connectivity index (χ4v) is 0. The molecule has 0 bridgehead atoms. The Morgan fingerprint density at radius 1 is 1.25 bits per heavy atom. The fraction of sp³-hybridized carbons (Fsp3) is 0.667. The first-order chi connectivity index (χ1) is 1.41. The molecule has 0 atom stereocenters. The molecule has 0 aliphatic rings. The summed E-state index contributed by atoms with van der Waals surface area (Å²) >= 11 is 0. The minimum Gasteiger partial charge on any atom is -0.335 e. The van der Waals surface area contributed by atoms with E-state index in [9.17, 15) is 0 Å². The SMILES string of the molecule is C[CH-]C.I. The van der Waals surface area contributed by atoms with Crippen molar-refractivity contribution in [1.29, 1.82) is 0 Å². The van der Waals surface area contributed by atoms with Crippen LogP contribution >= 0.6 is 24.0 Å². The van der Waals surface area contributed by atoms with Crippen LogP contribution in [0.2, 0.25) is 0 Å². The molecule has 0 saturated heterocycles. The average molecular weight is 171 g/mol. The smallest absolute Gasteiger partial charge is 0.107 e. The normalized spacial score (nSPS) is 4.50. The zero-order valence-corrected chi connectivity index (χ0v) is 5.32. The van der Waals surface area contributed by atoms with Gasteiger partial charge in [0.2, 0.25) is 0 Å². The Hall–Kier alpha value is 0.730. The van der Waals surface area contributed by atoms with Gasteiger partial charge in [0.05, 0.1) is 0 Å². The van der Waals surface area contributed by atoms with Crippen molar-refractivity contribution in [3.63, 3.8) is 0 Å². The molecule has 28 valence electrons. The predicted molar refractivity (Wildman–Crippen MR) is 31.1 cm³/mol. The monoisotopic (exact) mass is 171 g/mol. The van der Waals surface area contributed by atoms with Gasteiger partial charge in [-0.3, -0.25) is 0 Å². The highest BCUT2D eigenvalue weighted by atomic mass is 127. The van der Waals surface area contributed by atoms with Crippen LogP contribution in [0.4, 0.5) is 0 Å². The molecule has 0 heterocycles. The maximum atomic E-state index is 2.00. The number of hydrogen-bond acceptors (Lipinski definition) is 0. The van der Waals surface area contributed by atoms with E-state index in [0.29, 0.717) is 0 Å². The van der Waals surface area contributed by atoms with Gasteiger partial charge in [-0.05, 0) is 0 Å². The Balaban J connectivity index is 0. The van der Waals surface area contributed by atoms with Gasteiger partial charge in [-0.25, -0.2) is 0 Å². The molecule has 0 amide bonds. The number of halogens is 1. The van der Waals surface area contributed by atoms with Crippen molar-refractivity contribution in [3.8, 4) is 0 Å². The lowest BCUT2D eigenvalue weighted by atomic mass is 10.6. The minimum absolute atomic E-state index is 0. The van der Waals surface area contributed by atoms with Gasteiger partial charge < -0.3 is 6.42 Å². The maximum Gasteiger partial charge on any atom is -0.107 e. The van der Waals surface area contributed by atoms with Crippen molar-refractivity contribution < 1.29 is 0 Å². The van der Waals surface area contributed by atoms with Gasteiger partial charge in [-0.15, -0.1) is 24.0 Å². The second kappa shape index (κ2) is 9.29. The zero-order valence-electron chi connectivity index (χ0n) is 2.99. The van der Waals surface area contributed by atoms with Gasteiger partial charge in [0.1, 0.15) is 0 Å². The molecule has 0 aromatic heterocycles. The predicted octanol–water partition coefficient (Wildman–Crippen LogP) is 1.85. The molecular weight excluding hydrogens is 163 g/mol. The third kappa shape index (κ3) is 15.3.